The molecule has 0 saturated heterocycles. The molecule has 0 aliphatic carbocycles. The van der Waals surface area contributed by atoms with Crippen molar-refractivity contribution in [2.75, 3.05) is 0 Å². The second-order valence-electron chi connectivity index (χ2n) is 4.32. The third-order valence-electron chi connectivity index (χ3n) is 3.02. The molecule has 1 heterocycles. The van der Waals surface area contributed by atoms with Gasteiger partial charge in [0, 0.05) is 25.5 Å². The molecule has 0 amide bonds. The van der Waals surface area contributed by atoms with Crippen molar-refractivity contribution in [1.29, 1.82) is 0 Å². The van der Waals surface area contributed by atoms with Gasteiger partial charge in [-0.05, 0) is 18.6 Å². The maximum atomic E-state index is 6.21. The predicted molar refractivity (Wildman–Crippen MR) is 79.9 cm³/mol. The van der Waals surface area contributed by atoms with Gasteiger partial charge in [-0.1, -0.05) is 40.9 Å². The van der Waals surface area contributed by atoms with Crippen LogP contribution >= 0.6 is 34.8 Å². The molecular formula is C13H14Cl3N3. The summed E-state index contributed by atoms with van der Waals surface area (Å²) >= 11 is 18.2. The highest BCUT2D eigenvalue weighted by Crippen LogP contribution is 2.35. The first kappa shape index (κ1) is 14.7. The summed E-state index contributed by atoms with van der Waals surface area (Å²) < 4.78 is 1.97. The summed E-state index contributed by atoms with van der Waals surface area (Å²) in [7, 11) is 1.96. The topological polar surface area (TPSA) is 29.9 Å². The van der Waals surface area contributed by atoms with Gasteiger partial charge < -0.3 is 9.88 Å². The molecule has 1 atom stereocenters. The van der Waals surface area contributed by atoms with Gasteiger partial charge in [0.1, 0.15) is 5.82 Å². The Kier molecular flexibility index (Phi) is 4.74. The zero-order valence-electron chi connectivity index (χ0n) is 10.6. The Balaban J connectivity index is 2.10. The van der Waals surface area contributed by atoms with Crippen molar-refractivity contribution in [3.63, 3.8) is 0 Å². The number of benzene rings is 1. The van der Waals surface area contributed by atoms with Crippen LogP contribution in [0, 0.1) is 0 Å². The van der Waals surface area contributed by atoms with Crippen LogP contribution < -0.4 is 5.32 Å². The molecule has 0 spiro atoms. The van der Waals surface area contributed by atoms with Crippen molar-refractivity contribution in [2.24, 2.45) is 7.05 Å². The Morgan fingerprint density at radius 1 is 1.26 bits per heavy atom. The molecule has 1 unspecified atom stereocenters. The molecule has 102 valence electrons. The van der Waals surface area contributed by atoms with E-state index in [0.29, 0.717) is 21.6 Å². The van der Waals surface area contributed by atoms with Crippen LogP contribution in [0.5, 0.6) is 0 Å². The molecule has 0 aliphatic heterocycles. The SMILES string of the molecule is CC(NCc1nccn1C)c1ccc(Cl)c(Cl)c1Cl. The number of halogens is 3. The van der Waals surface area contributed by atoms with Gasteiger partial charge in [0.25, 0.3) is 0 Å². The quantitative estimate of drug-likeness (QED) is 0.855. The van der Waals surface area contributed by atoms with Crippen LogP contribution in [0.4, 0.5) is 0 Å². The van der Waals surface area contributed by atoms with Crippen LogP contribution in [-0.2, 0) is 13.6 Å². The summed E-state index contributed by atoms with van der Waals surface area (Å²) in [5.41, 5.74) is 0.922. The van der Waals surface area contributed by atoms with Gasteiger partial charge in [-0.3, -0.25) is 0 Å². The van der Waals surface area contributed by atoms with Gasteiger partial charge >= 0.3 is 0 Å². The van der Waals surface area contributed by atoms with Crippen LogP contribution in [0.3, 0.4) is 0 Å². The lowest BCUT2D eigenvalue weighted by molar-refractivity contribution is 0.549. The monoisotopic (exact) mass is 317 g/mol. The van der Waals surface area contributed by atoms with Gasteiger partial charge in [0.05, 0.1) is 21.6 Å². The van der Waals surface area contributed by atoms with Gasteiger partial charge in [-0.25, -0.2) is 4.98 Å². The van der Waals surface area contributed by atoms with E-state index in [2.05, 4.69) is 10.3 Å². The number of aryl methyl sites for hydroxylation is 1. The molecule has 1 N–H and O–H groups in total. The Morgan fingerprint density at radius 3 is 2.63 bits per heavy atom. The smallest absolute Gasteiger partial charge is 0.122 e. The largest absolute Gasteiger partial charge is 0.337 e. The van der Waals surface area contributed by atoms with Crippen molar-refractivity contribution < 1.29 is 0 Å². The second-order valence-corrected chi connectivity index (χ2v) is 5.48. The molecule has 2 rings (SSSR count). The van der Waals surface area contributed by atoms with Gasteiger partial charge in [0.2, 0.25) is 0 Å². The van der Waals surface area contributed by atoms with Crippen molar-refractivity contribution >= 4 is 34.8 Å². The lowest BCUT2D eigenvalue weighted by atomic mass is 10.1. The second kappa shape index (κ2) is 6.14. The van der Waals surface area contributed by atoms with Crippen LogP contribution in [0.25, 0.3) is 0 Å². The minimum Gasteiger partial charge on any atom is -0.337 e. The fraction of sp³-hybridized carbons (Fsp3) is 0.308. The van der Waals surface area contributed by atoms with E-state index in [1.165, 1.54) is 0 Å². The Bertz CT molecular complexity index is 581. The minimum atomic E-state index is 0.0546. The highest BCUT2D eigenvalue weighted by Gasteiger charge is 2.14. The summed E-state index contributed by atoms with van der Waals surface area (Å²) in [6, 6.07) is 3.69. The first-order valence-electron chi connectivity index (χ1n) is 5.83. The number of imidazole rings is 1. The summed E-state index contributed by atoms with van der Waals surface area (Å²) in [6.07, 6.45) is 3.68. The summed E-state index contributed by atoms with van der Waals surface area (Å²) in [6.45, 7) is 2.68. The highest BCUT2D eigenvalue weighted by atomic mass is 35.5. The molecule has 0 aliphatic rings. The van der Waals surface area contributed by atoms with E-state index in [1.807, 2.05) is 30.8 Å². The fourth-order valence-electron chi connectivity index (χ4n) is 1.80. The van der Waals surface area contributed by atoms with Gasteiger partial charge in [-0.2, -0.15) is 0 Å². The number of hydrogen-bond donors (Lipinski definition) is 1. The van der Waals surface area contributed by atoms with Crippen molar-refractivity contribution in [3.05, 3.63) is 51.0 Å². The first-order valence-corrected chi connectivity index (χ1v) is 6.97. The zero-order valence-corrected chi connectivity index (χ0v) is 12.9. The van der Waals surface area contributed by atoms with E-state index >= 15 is 0 Å². The molecule has 2 aromatic rings. The molecule has 1 aromatic heterocycles. The average Bonchev–Trinajstić information content (AvgIpc) is 2.79. The third-order valence-corrected chi connectivity index (χ3v) is 4.33. The van der Waals surface area contributed by atoms with Gasteiger partial charge in [0.15, 0.2) is 0 Å². The molecule has 0 saturated carbocycles. The van der Waals surface area contributed by atoms with E-state index in [9.17, 15) is 0 Å². The van der Waals surface area contributed by atoms with E-state index in [4.69, 9.17) is 34.8 Å². The van der Waals surface area contributed by atoms with E-state index in [1.54, 1.807) is 12.3 Å². The molecule has 6 heteroatoms. The van der Waals surface area contributed by atoms with Crippen LogP contribution in [-0.4, -0.2) is 9.55 Å². The van der Waals surface area contributed by atoms with Gasteiger partial charge in [-0.15, -0.1) is 0 Å². The maximum absolute atomic E-state index is 6.21. The highest BCUT2D eigenvalue weighted by molar-refractivity contribution is 6.48. The predicted octanol–water partition coefficient (Wildman–Crippen LogP) is 4.23. The van der Waals surface area contributed by atoms with Crippen molar-refractivity contribution in [1.82, 2.24) is 14.9 Å². The Hall–Kier alpha value is -0.740. The van der Waals surface area contributed by atoms with Crippen LogP contribution in [0.15, 0.2) is 24.5 Å². The lowest BCUT2D eigenvalue weighted by Crippen LogP contribution is -2.20. The van der Waals surface area contributed by atoms with E-state index < -0.39 is 0 Å². The van der Waals surface area contributed by atoms with E-state index in [-0.39, 0.29) is 6.04 Å². The minimum absolute atomic E-state index is 0.0546. The molecule has 1 aromatic carbocycles. The summed E-state index contributed by atoms with van der Waals surface area (Å²) in [4.78, 5) is 4.26. The van der Waals surface area contributed by atoms with Crippen LogP contribution in [0.2, 0.25) is 15.1 Å². The third kappa shape index (κ3) is 3.23. The Labute approximate surface area is 127 Å². The lowest BCUT2D eigenvalue weighted by Gasteiger charge is -2.16. The molecule has 19 heavy (non-hydrogen) atoms. The number of hydrogen-bond acceptors (Lipinski definition) is 2. The van der Waals surface area contributed by atoms with E-state index in [0.717, 1.165) is 11.4 Å². The molecule has 0 fully saturated rings. The number of nitrogens with zero attached hydrogens (tertiary/aromatic N) is 2. The van der Waals surface area contributed by atoms with Crippen molar-refractivity contribution in [2.45, 2.75) is 19.5 Å². The molecule has 0 radical (unpaired) electrons. The normalized spacial score (nSPS) is 12.7. The maximum Gasteiger partial charge on any atom is 0.122 e. The first-order chi connectivity index (χ1) is 9.00. The number of nitrogens with one attached hydrogen (secondary N) is 1. The fourth-order valence-corrected chi connectivity index (χ4v) is 2.50. The molecule has 0 bridgehead atoms. The molecular weight excluding hydrogens is 305 g/mol. The number of aromatic nitrogens is 2. The standard InChI is InChI=1S/C13H14Cl3N3/c1-8(18-7-11-17-5-6-19(11)2)9-3-4-10(14)13(16)12(9)15/h3-6,8,18H,7H2,1-2H3. The summed E-state index contributed by atoms with van der Waals surface area (Å²) in [5, 5.41) is 4.71. The Morgan fingerprint density at radius 2 is 2.00 bits per heavy atom. The van der Waals surface area contributed by atoms with Crippen LogP contribution in [0.1, 0.15) is 24.4 Å². The van der Waals surface area contributed by atoms with Crippen molar-refractivity contribution in [3.8, 4) is 0 Å². The summed E-state index contributed by atoms with van der Waals surface area (Å²) in [5.74, 6) is 0.961. The zero-order chi connectivity index (χ0) is 14.0. The number of rotatable bonds is 4. The molecule has 3 nitrogen and oxygen atoms in total. The average molecular weight is 319 g/mol.